The molecule has 0 fully saturated rings. The molecule has 0 heterocycles. The van der Waals surface area contributed by atoms with Gasteiger partial charge in [-0.2, -0.15) is 0 Å². The van der Waals surface area contributed by atoms with Gasteiger partial charge in [0.2, 0.25) is 0 Å². The molecule has 3 heteroatoms. The molecule has 0 aliphatic rings. The molecule has 0 spiro atoms. The Labute approximate surface area is 120 Å². The highest BCUT2D eigenvalue weighted by Gasteiger charge is 2.12. The van der Waals surface area contributed by atoms with Gasteiger partial charge >= 0.3 is 0 Å². The number of benzene rings is 2. The molecule has 0 aromatic heterocycles. The zero-order valence-electron chi connectivity index (χ0n) is 10.9. The van der Waals surface area contributed by atoms with E-state index >= 15 is 0 Å². The molecular weight excluding hydrogens is 310 g/mol. The molecule has 1 atom stereocenters. The zero-order chi connectivity index (χ0) is 14.0. The van der Waals surface area contributed by atoms with Crippen LogP contribution in [0.1, 0.15) is 27.1 Å². The van der Waals surface area contributed by atoms with Crippen LogP contribution in [0.3, 0.4) is 0 Å². The van der Waals surface area contributed by atoms with Crippen LogP contribution >= 0.6 is 15.9 Å². The quantitative estimate of drug-likeness (QED) is 0.675. The topological polar surface area (TPSA) is 0 Å². The first kappa shape index (κ1) is 14.2. The average Bonchev–Trinajstić information content (AvgIpc) is 2.37. The van der Waals surface area contributed by atoms with Crippen molar-refractivity contribution in [3.8, 4) is 0 Å². The molecule has 0 aliphatic heterocycles. The van der Waals surface area contributed by atoms with Crippen LogP contribution in [0.15, 0.2) is 36.4 Å². The molecule has 2 rings (SSSR count). The highest BCUT2D eigenvalue weighted by molar-refractivity contribution is 9.09. The van der Waals surface area contributed by atoms with E-state index in [0.717, 1.165) is 12.0 Å². The van der Waals surface area contributed by atoms with Gasteiger partial charge in [0.05, 0.1) is 0 Å². The summed E-state index contributed by atoms with van der Waals surface area (Å²) >= 11 is 3.54. The Bertz CT molecular complexity index is 593. The maximum absolute atomic E-state index is 13.2. The van der Waals surface area contributed by atoms with Crippen LogP contribution in [-0.2, 0) is 6.42 Å². The fourth-order valence-electron chi connectivity index (χ4n) is 1.96. The van der Waals surface area contributed by atoms with Crippen LogP contribution in [-0.4, -0.2) is 0 Å². The lowest BCUT2D eigenvalue weighted by Gasteiger charge is -2.12. The predicted octanol–water partition coefficient (Wildman–Crippen LogP) is 5.26. The molecule has 0 nitrogen and oxygen atoms in total. The Morgan fingerprint density at radius 1 is 0.947 bits per heavy atom. The molecule has 0 radical (unpaired) electrons. The minimum absolute atomic E-state index is 0.0234. The summed E-state index contributed by atoms with van der Waals surface area (Å²) in [5.74, 6) is -1.61. The molecule has 0 saturated heterocycles. The number of halogens is 3. The Hall–Kier alpha value is -1.22. The third-order valence-electron chi connectivity index (χ3n) is 3.29. The van der Waals surface area contributed by atoms with Gasteiger partial charge in [0, 0.05) is 4.83 Å². The number of aryl methyl sites for hydroxylation is 2. The Kier molecular flexibility index (Phi) is 4.35. The van der Waals surface area contributed by atoms with Crippen LogP contribution in [0.25, 0.3) is 0 Å². The first-order chi connectivity index (χ1) is 8.97. The Morgan fingerprint density at radius 3 is 2.32 bits per heavy atom. The lowest BCUT2D eigenvalue weighted by molar-refractivity contribution is 0.507. The van der Waals surface area contributed by atoms with E-state index in [2.05, 4.69) is 48.0 Å². The largest absolute Gasteiger partial charge is 0.204 e. The second-order valence-electron chi connectivity index (χ2n) is 4.76. The van der Waals surface area contributed by atoms with Gasteiger partial charge in [0.15, 0.2) is 11.6 Å². The maximum Gasteiger partial charge on any atom is 0.159 e. The SMILES string of the molecule is Cc1ccc(CC(Br)c2ccc(F)c(F)c2)cc1C. The fourth-order valence-corrected chi connectivity index (χ4v) is 2.62. The zero-order valence-corrected chi connectivity index (χ0v) is 12.5. The standard InChI is InChI=1S/C16H15BrF2/c1-10-3-4-12(7-11(10)2)8-14(17)13-5-6-15(18)16(19)9-13/h3-7,9,14H,8H2,1-2H3. The van der Waals surface area contributed by atoms with Crippen molar-refractivity contribution >= 4 is 15.9 Å². The summed E-state index contributed by atoms with van der Waals surface area (Å²) in [5, 5.41) is 0. The molecule has 0 aliphatic carbocycles. The molecule has 100 valence electrons. The second kappa shape index (κ2) is 5.83. The Balaban J connectivity index is 2.17. The molecule has 1 unspecified atom stereocenters. The van der Waals surface area contributed by atoms with Gasteiger partial charge in [0.1, 0.15) is 0 Å². The maximum atomic E-state index is 13.2. The normalized spacial score (nSPS) is 12.5. The summed E-state index contributed by atoms with van der Waals surface area (Å²) < 4.78 is 26.1. The first-order valence-electron chi connectivity index (χ1n) is 6.12. The van der Waals surface area contributed by atoms with Crippen LogP contribution < -0.4 is 0 Å². The lowest BCUT2D eigenvalue weighted by Crippen LogP contribution is -1.98. The van der Waals surface area contributed by atoms with Gasteiger partial charge in [-0.3, -0.25) is 0 Å². The van der Waals surface area contributed by atoms with Crippen molar-refractivity contribution in [1.29, 1.82) is 0 Å². The van der Waals surface area contributed by atoms with E-state index in [4.69, 9.17) is 0 Å². The molecule has 0 amide bonds. The molecular formula is C16H15BrF2. The van der Waals surface area contributed by atoms with Gasteiger partial charge in [-0.15, -0.1) is 0 Å². The summed E-state index contributed by atoms with van der Waals surface area (Å²) in [4.78, 5) is -0.0234. The van der Waals surface area contributed by atoms with E-state index in [-0.39, 0.29) is 4.83 Å². The molecule has 2 aromatic rings. The van der Waals surface area contributed by atoms with Crippen molar-refractivity contribution in [3.63, 3.8) is 0 Å². The smallest absolute Gasteiger partial charge is 0.159 e. The van der Waals surface area contributed by atoms with E-state index in [9.17, 15) is 8.78 Å². The minimum Gasteiger partial charge on any atom is -0.204 e. The monoisotopic (exact) mass is 324 g/mol. The number of hydrogen-bond donors (Lipinski definition) is 0. The van der Waals surface area contributed by atoms with Crippen molar-refractivity contribution in [1.82, 2.24) is 0 Å². The lowest BCUT2D eigenvalue weighted by atomic mass is 10.0. The molecule has 0 N–H and O–H groups in total. The third-order valence-corrected chi connectivity index (χ3v) is 4.14. The van der Waals surface area contributed by atoms with E-state index in [0.29, 0.717) is 0 Å². The summed E-state index contributed by atoms with van der Waals surface area (Å²) in [7, 11) is 0. The van der Waals surface area contributed by atoms with Gasteiger partial charge in [-0.25, -0.2) is 8.78 Å². The van der Waals surface area contributed by atoms with E-state index in [1.54, 1.807) is 6.07 Å². The number of alkyl halides is 1. The Morgan fingerprint density at radius 2 is 1.68 bits per heavy atom. The van der Waals surface area contributed by atoms with Gasteiger partial charge < -0.3 is 0 Å². The van der Waals surface area contributed by atoms with Crippen molar-refractivity contribution in [2.75, 3.05) is 0 Å². The summed E-state index contributed by atoms with van der Waals surface area (Å²) in [6.07, 6.45) is 0.742. The van der Waals surface area contributed by atoms with E-state index in [1.807, 2.05) is 0 Å². The van der Waals surface area contributed by atoms with Crippen LogP contribution in [0, 0.1) is 25.5 Å². The van der Waals surface area contributed by atoms with Crippen molar-refractivity contribution in [2.24, 2.45) is 0 Å². The summed E-state index contributed by atoms with van der Waals surface area (Å²) in [6, 6.07) is 10.3. The van der Waals surface area contributed by atoms with Crippen LogP contribution in [0.5, 0.6) is 0 Å². The van der Waals surface area contributed by atoms with Crippen molar-refractivity contribution < 1.29 is 8.78 Å². The van der Waals surface area contributed by atoms with Crippen molar-refractivity contribution in [2.45, 2.75) is 25.1 Å². The molecule has 2 aromatic carbocycles. The molecule has 0 bridgehead atoms. The van der Waals surface area contributed by atoms with Gasteiger partial charge in [-0.05, 0) is 54.7 Å². The average molecular weight is 325 g/mol. The summed E-state index contributed by atoms with van der Waals surface area (Å²) in [5.41, 5.74) is 4.41. The highest BCUT2D eigenvalue weighted by Crippen LogP contribution is 2.28. The van der Waals surface area contributed by atoms with Crippen LogP contribution in [0.4, 0.5) is 8.78 Å². The first-order valence-corrected chi connectivity index (χ1v) is 7.04. The van der Waals surface area contributed by atoms with Gasteiger partial charge in [0.25, 0.3) is 0 Å². The third kappa shape index (κ3) is 3.41. The highest BCUT2D eigenvalue weighted by atomic mass is 79.9. The van der Waals surface area contributed by atoms with Crippen LogP contribution in [0.2, 0.25) is 0 Å². The molecule has 0 saturated carbocycles. The van der Waals surface area contributed by atoms with Crippen molar-refractivity contribution in [3.05, 3.63) is 70.3 Å². The minimum atomic E-state index is -0.811. The molecule has 19 heavy (non-hydrogen) atoms. The second-order valence-corrected chi connectivity index (χ2v) is 5.87. The van der Waals surface area contributed by atoms with E-state index in [1.165, 1.54) is 28.8 Å². The fraction of sp³-hybridized carbons (Fsp3) is 0.250. The number of hydrogen-bond acceptors (Lipinski definition) is 0. The summed E-state index contributed by atoms with van der Waals surface area (Å²) in [6.45, 7) is 4.14. The number of rotatable bonds is 3. The van der Waals surface area contributed by atoms with Gasteiger partial charge in [-0.1, -0.05) is 40.2 Å². The predicted molar refractivity (Wildman–Crippen MR) is 77.6 cm³/mol. The van der Waals surface area contributed by atoms with E-state index < -0.39 is 11.6 Å².